The van der Waals surface area contributed by atoms with E-state index < -0.39 is 5.97 Å². The first-order valence-corrected chi connectivity index (χ1v) is 4.78. The Bertz CT molecular complexity index is 531. The zero-order chi connectivity index (χ0) is 10.5. The predicted octanol–water partition coefficient (Wildman–Crippen LogP) is 2.28. The summed E-state index contributed by atoms with van der Waals surface area (Å²) in [4.78, 5) is 0. The molecule has 0 bridgehead atoms. The molecular weight excluding hydrogens is 192 g/mol. The van der Waals surface area contributed by atoms with Gasteiger partial charge in [0.15, 0.2) is 11.5 Å². The third-order valence-electron chi connectivity index (χ3n) is 2.43. The van der Waals surface area contributed by atoms with Crippen LogP contribution < -0.4 is 9.47 Å². The average molecular weight is 202 g/mol. The summed E-state index contributed by atoms with van der Waals surface area (Å²) >= 11 is 0. The van der Waals surface area contributed by atoms with Crippen LogP contribution in [0.5, 0.6) is 11.5 Å². The van der Waals surface area contributed by atoms with E-state index in [0.29, 0.717) is 11.5 Å². The highest BCUT2D eigenvalue weighted by atomic mass is 16.8. The molecule has 1 aliphatic heterocycles. The second kappa shape index (κ2) is 2.64. The second-order valence-electron chi connectivity index (χ2n) is 3.72. The highest BCUT2D eigenvalue weighted by molar-refractivity contribution is 5.91. The van der Waals surface area contributed by atoms with Crippen molar-refractivity contribution in [1.29, 1.82) is 0 Å². The van der Waals surface area contributed by atoms with Crippen LogP contribution in [0.3, 0.4) is 0 Å². The van der Waals surface area contributed by atoms with Gasteiger partial charge in [0.2, 0.25) is 0 Å². The Balaban J connectivity index is 2.29. The van der Waals surface area contributed by atoms with E-state index in [1.807, 2.05) is 30.3 Å². The summed E-state index contributed by atoms with van der Waals surface area (Å²) in [6, 6.07) is 11.6. The third-order valence-corrected chi connectivity index (χ3v) is 2.43. The maximum Gasteiger partial charge on any atom is 0.366 e. The van der Waals surface area contributed by atoms with Gasteiger partial charge in [-0.2, -0.15) is 0 Å². The summed E-state index contributed by atoms with van der Waals surface area (Å²) in [7, 11) is 0. The molecule has 1 heterocycles. The van der Waals surface area contributed by atoms with Gasteiger partial charge in [-0.15, -0.1) is 0 Å². The molecule has 2 aromatic carbocycles. The molecule has 0 spiro atoms. The molecule has 1 unspecified atom stereocenters. The lowest BCUT2D eigenvalue weighted by Gasteiger charge is -2.13. The largest absolute Gasteiger partial charge is 0.426 e. The minimum atomic E-state index is -1.55. The minimum Gasteiger partial charge on any atom is -0.426 e. The minimum absolute atomic E-state index is 0.582. The van der Waals surface area contributed by atoms with E-state index in [2.05, 4.69) is 0 Å². The molecule has 15 heavy (non-hydrogen) atoms. The van der Waals surface area contributed by atoms with Gasteiger partial charge in [0, 0.05) is 12.3 Å². The standard InChI is InChI=1S/C12H10O3/c1-12(13)14-10-7-6-8-4-2-3-5-9(8)11(10)15-12/h2-7,13H,1H3. The highest BCUT2D eigenvalue weighted by Gasteiger charge is 2.35. The maximum absolute atomic E-state index is 9.63. The Kier molecular flexibility index (Phi) is 1.51. The van der Waals surface area contributed by atoms with Crippen LogP contribution in [0.25, 0.3) is 10.8 Å². The van der Waals surface area contributed by atoms with Gasteiger partial charge in [-0.1, -0.05) is 30.3 Å². The molecule has 0 amide bonds. The summed E-state index contributed by atoms with van der Waals surface area (Å²) < 4.78 is 10.6. The summed E-state index contributed by atoms with van der Waals surface area (Å²) in [5.74, 6) is -0.358. The summed E-state index contributed by atoms with van der Waals surface area (Å²) in [6.45, 7) is 1.47. The molecule has 0 fully saturated rings. The van der Waals surface area contributed by atoms with E-state index in [-0.39, 0.29) is 0 Å². The van der Waals surface area contributed by atoms with E-state index in [0.717, 1.165) is 10.8 Å². The molecular formula is C12H10O3. The fourth-order valence-electron chi connectivity index (χ4n) is 1.82. The molecule has 1 N–H and O–H groups in total. The number of ether oxygens (including phenoxy) is 2. The maximum atomic E-state index is 9.63. The van der Waals surface area contributed by atoms with Crippen LogP contribution in [-0.4, -0.2) is 11.1 Å². The van der Waals surface area contributed by atoms with Crippen molar-refractivity contribution in [3.05, 3.63) is 36.4 Å². The van der Waals surface area contributed by atoms with Gasteiger partial charge >= 0.3 is 5.97 Å². The van der Waals surface area contributed by atoms with E-state index in [1.54, 1.807) is 6.07 Å². The van der Waals surface area contributed by atoms with Crippen LogP contribution >= 0.6 is 0 Å². The lowest BCUT2D eigenvalue weighted by atomic mass is 10.1. The van der Waals surface area contributed by atoms with Crippen molar-refractivity contribution < 1.29 is 14.6 Å². The average Bonchev–Trinajstić information content (AvgIpc) is 2.52. The van der Waals surface area contributed by atoms with Crippen LogP contribution in [-0.2, 0) is 0 Å². The van der Waals surface area contributed by atoms with Crippen molar-refractivity contribution in [2.75, 3.05) is 0 Å². The van der Waals surface area contributed by atoms with Gasteiger partial charge in [-0.3, -0.25) is 0 Å². The van der Waals surface area contributed by atoms with E-state index in [9.17, 15) is 5.11 Å². The third kappa shape index (κ3) is 1.24. The number of benzene rings is 2. The normalized spacial score (nSPS) is 23.3. The zero-order valence-corrected chi connectivity index (χ0v) is 8.23. The first-order chi connectivity index (χ1) is 7.16. The van der Waals surface area contributed by atoms with Crippen LogP contribution in [0.1, 0.15) is 6.92 Å². The number of aliphatic hydroxyl groups is 1. The first-order valence-electron chi connectivity index (χ1n) is 4.78. The van der Waals surface area contributed by atoms with E-state index >= 15 is 0 Å². The first kappa shape index (κ1) is 8.56. The molecule has 3 heteroatoms. The number of hydrogen-bond donors (Lipinski definition) is 1. The van der Waals surface area contributed by atoms with Crippen molar-refractivity contribution in [3.8, 4) is 11.5 Å². The molecule has 0 aromatic heterocycles. The molecule has 3 nitrogen and oxygen atoms in total. The summed E-state index contributed by atoms with van der Waals surface area (Å²) in [6.07, 6.45) is 0. The van der Waals surface area contributed by atoms with Crippen molar-refractivity contribution in [3.63, 3.8) is 0 Å². The Labute approximate surface area is 86.9 Å². The van der Waals surface area contributed by atoms with Gasteiger partial charge in [0.1, 0.15) is 0 Å². The molecule has 1 aliphatic rings. The Morgan fingerprint density at radius 2 is 1.87 bits per heavy atom. The Morgan fingerprint density at radius 3 is 2.73 bits per heavy atom. The Hall–Kier alpha value is -1.74. The van der Waals surface area contributed by atoms with Crippen LogP contribution in [0.4, 0.5) is 0 Å². The monoisotopic (exact) mass is 202 g/mol. The van der Waals surface area contributed by atoms with Gasteiger partial charge in [-0.05, 0) is 11.5 Å². The van der Waals surface area contributed by atoms with Gasteiger partial charge in [0.05, 0.1) is 0 Å². The molecule has 3 rings (SSSR count). The van der Waals surface area contributed by atoms with E-state index in [4.69, 9.17) is 9.47 Å². The van der Waals surface area contributed by atoms with Crippen molar-refractivity contribution in [1.82, 2.24) is 0 Å². The zero-order valence-electron chi connectivity index (χ0n) is 8.23. The Morgan fingerprint density at radius 1 is 1.07 bits per heavy atom. The van der Waals surface area contributed by atoms with Gasteiger partial charge < -0.3 is 14.6 Å². The summed E-state index contributed by atoms with van der Waals surface area (Å²) in [5, 5.41) is 11.6. The van der Waals surface area contributed by atoms with Crippen LogP contribution in [0, 0.1) is 0 Å². The summed E-state index contributed by atoms with van der Waals surface area (Å²) in [5.41, 5.74) is 0. The van der Waals surface area contributed by atoms with Crippen LogP contribution in [0.2, 0.25) is 0 Å². The highest BCUT2D eigenvalue weighted by Crippen LogP contribution is 2.43. The molecule has 0 radical (unpaired) electrons. The SMILES string of the molecule is CC1(O)Oc2ccc3ccccc3c2O1. The quantitative estimate of drug-likeness (QED) is 0.712. The molecule has 1 atom stereocenters. The van der Waals surface area contributed by atoms with E-state index in [1.165, 1.54) is 6.92 Å². The topological polar surface area (TPSA) is 38.7 Å². The lowest BCUT2D eigenvalue weighted by molar-refractivity contribution is -0.234. The fraction of sp³-hybridized carbons (Fsp3) is 0.167. The molecule has 0 saturated heterocycles. The number of hydrogen-bond acceptors (Lipinski definition) is 3. The predicted molar refractivity (Wildman–Crippen MR) is 55.8 cm³/mol. The fourth-order valence-corrected chi connectivity index (χ4v) is 1.82. The molecule has 76 valence electrons. The van der Waals surface area contributed by atoms with Crippen molar-refractivity contribution in [2.24, 2.45) is 0 Å². The lowest BCUT2D eigenvalue weighted by Crippen LogP contribution is -2.33. The van der Waals surface area contributed by atoms with Crippen molar-refractivity contribution >= 4 is 10.8 Å². The van der Waals surface area contributed by atoms with Crippen LogP contribution in [0.15, 0.2) is 36.4 Å². The molecule has 0 aliphatic carbocycles. The number of rotatable bonds is 0. The smallest absolute Gasteiger partial charge is 0.366 e. The molecule has 0 saturated carbocycles. The van der Waals surface area contributed by atoms with Crippen molar-refractivity contribution in [2.45, 2.75) is 12.9 Å². The molecule has 2 aromatic rings. The van der Waals surface area contributed by atoms with Gasteiger partial charge in [0.25, 0.3) is 0 Å². The second-order valence-corrected chi connectivity index (χ2v) is 3.72. The number of fused-ring (bicyclic) bond motifs is 3. The van der Waals surface area contributed by atoms with Gasteiger partial charge in [-0.25, -0.2) is 0 Å².